The van der Waals surface area contributed by atoms with Gasteiger partial charge in [0.2, 0.25) is 0 Å². The van der Waals surface area contributed by atoms with E-state index >= 15 is 0 Å². The summed E-state index contributed by atoms with van der Waals surface area (Å²) in [7, 11) is 0. The van der Waals surface area contributed by atoms with Gasteiger partial charge in [-0.05, 0) is 47.1 Å². The molecule has 1 amide bonds. The van der Waals surface area contributed by atoms with Gasteiger partial charge >= 0.3 is 0 Å². The van der Waals surface area contributed by atoms with Crippen molar-refractivity contribution in [3.8, 4) is 0 Å². The van der Waals surface area contributed by atoms with Gasteiger partial charge in [-0.3, -0.25) is 4.79 Å². The lowest BCUT2D eigenvalue weighted by Gasteiger charge is -2.36. The highest BCUT2D eigenvalue weighted by Crippen LogP contribution is 2.30. The first-order valence-corrected chi connectivity index (χ1v) is 7.46. The topological polar surface area (TPSA) is 64.2 Å². The molecular formula is C16H16N4O2. The van der Waals surface area contributed by atoms with Crippen LogP contribution in [0.15, 0.2) is 41.2 Å². The Kier molecular flexibility index (Phi) is 2.96. The van der Waals surface area contributed by atoms with Gasteiger partial charge in [0.1, 0.15) is 11.0 Å². The molecule has 0 saturated heterocycles. The molecule has 0 radical (unpaired) electrons. The van der Waals surface area contributed by atoms with Crippen LogP contribution in [-0.4, -0.2) is 32.2 Å². The summed E-state index contributed by atoms with van der Waals surface area (Å²) < 4.78 is 6.92. The van der Waals surface area contributed by atoms with Gasteiger partial charge < -0.3 is 9.47 Å². The van der Waals surface area contributed by atoms with Crippen molar-refractivity contribution < 1.29 is 9.42 Å². The van der Waals surface area contributed by atoms with Crippen LogP contribution in [0.1, 0.15) is 35.4 Å². The monoisotopic (exact) mass is 296 g/mol. The van der Waals surface area contributed by atoms with E-state index < -0.39 is 0 Å². The molecule has 1 aromatic carbocycles. The number of rotatable bonds is 2. The molecule has 3 aromatic rings. The molecule has 6 nitrogen and oxygen atoms in total. The van der Waals surface area contributed by atoms with Gasteiger partial charge in [0.15, 0.2) is 0 Å². The third kappa shape index (κ3) is 1.91. The first-order chi connectivity index (χ1) is 10.8. The molecular weight excluding hydrogens is 280 g/mol. The summed E-state index contributed by atoms with van der Waals surface area (Å²) in [6.45, 7) is 3.66. The van der Waals surface area contributed by atoms with Gasteiger partial charge in [0.25, 0.3) is 5.91 Å². The van der Waals surface area contributed by atoms with Crippen LogP contribution >= 0.6 is 0 Å². The molecule has 1 unspecified atom stereocenters. The normalized spacial score (nSPS) is 17.7. The number of aromatic nitrogens is 3. The van der Waals surface area contributed by atoms with Crippen LogP contribution in [-0.2, 0) is 6.54 Å². The first kappa shape index (κ1) is 13.1. The maximum Gasteiger partial charge on any atom is 0.254 e. The van der Waals surface area contributed by atoms with E-state index in [-0.39, 0.29) is 11.9 Å². The van der Waals surface area contributed by atoms with Crippen LogP contribution in [0.3, 0.4) is 0 Å². The smallest absolute Gasteiger partial charge is 0.254 e. The summed E-state index contributed by atoms with van der Waals surface area (Å²) in [5.74, 6) is 0.0317. The molecule has 22 heavy (non-hydrogen) atoms. The van der Waals surface area contributed by atoms with E-state index in [9.17, 15) is 4.79 Å². The molecule has 0 spiro atoms. The molecule has 0 fully saturated rings. The molecule has 0 bridgehead atoms. The Hall–Kier alpha value is -2.63. The zero-order chi connectivity index (χ0) is 15.1. The highest BCUT2D eigenvalue weighted by Gasteiger charge is 2.30. The molecule has 6 heteroatoms. The molecule has 0 aliphatic carbocycles. The Balaban J connectivity index is 1.69. The van der Waals surface area contributed by atoms with E-state index in [4.69, 9.17) is 4.63 Å². The van der Waals surface area contributed by atoms with Gasteiger partial charge in [-0.1, -0.05) is 6.92 Å². The number of nitrogens with zero attached hydrogens (tertiary/aromatic N) is 4. The standard InChI is InChI=1S/C16H16N4O2/c1-2-14-15-4-3-7-19(15)8-9-20(14)16(21)11-5-6-12-13(10-11)18-22-17-12/h3-7,10,14H,2,8-9H2,1H3. The van der Waals surface area contributed by atoms with Gasteiger partial charge in [0.05, 0.1) is 6.04 Å². The van der Waals surface area contributed by atoms with Gasteiger partial charge in [-0.2, -0.15) is 0 Å². The minimum Gasteiger partial charge on any atom is -0.348 e. The lowest BCUT2D eigenvalue weighted by atomic mass is 10.0. The van der Waals surface area contributed by atoms with E-state index in [1.165, 1.54) is 5.69 Å². The lowest BCUT2D eigenvalue weighted by molar-refractivity contribution is 0.0618. The Bertz CT molecular complexity index is 835. The number of carbonyl (C=O) groups is 1. The third-order valence-corrected chi connectivity index (χ3v) is 4.31. The molecule has 1 atom stereocenters. The van der Waals surface area contributed by atoms with Crippen molar-refractivity contribution in [1.29, 1.82) is 0 Å². The summed E-state index contributed by atoms with van der Waals surface area (Å²) in [6.07, 6.45) is 2.97. The van der Waals surface area contributed by atoms with Gasteiger partial charge in [-0.25, -0.2) is 4.63 Å². The Labute approximate surface area is 127 Å². The van der Waals surface area contributed by atoms with Crippen molar-refractivity contribution in [1.82, 2.24) is 19.8 Å². The molecule has 4 rings (SSSR count). The lowest BCUT2D eigenvalue weighted by Crippen LogP contribution is -2.41. The fourth-order valence-corrected chi connectivity index (χ4v) is 3.22. The van der Waals surface area contributed by atoms with E-state index in [1.807, 2.05) is 11.0 Å². The molecule has 0 N–H and O–H groups in total. The van der Waals surface area contributed by atoms with Crippen molar-refractivity contribution in [2.75, 3.05) is 6.54 Å². The maximum atomic E-state index is 12.9. The van der Waals surface area contributed by atoms with Crippen molar-refractivity contribution in [3.05, 3.63) is 47.8 Å². The zero-order valence-corrected chi connectivity index (χ0v) is 12.3. The minimum absolute atomic E-state index is 0.0317. The summed E-state index contributed by atoms with van der Waals surface area (Å²) in [5.41, 5.74) is 3.10. The third-order valence-electron chi connectivity index (χ3n) is 4.31. The van der Waals surface area contributed by atoms with Crippen molar-refractivity contribution in [3.63, 3.8) is 0 Å². The summed E-state index contributed by atoms with van der Waals surface area (Å²) >= 11 is 0. The molecule has 112 valence electrons. The Morgan fingerprint density at radius 3 is 3.00 bits per heavy atom. The second-order valence-corrected chi connectivity index (χ2v) is 5.52. The number of benzene rings is 1. The quantitative estimate of drug-likeness (QED) is 0.729. The first-order valence-electron chi connectivity index (χ1n) is 7.46. The largest absolute Gasteiger partial charge is 0.348 e. The number of fused-ring (bicyclic) bond motifs is 2. The van der Waals surface area contributed by atoms with E-state index in [1.54, 1.807) is 18.2 Å². The second-order valence-electron chi connectivity index (χ2n) is 5.52. The number of hydrogen-bond donors (Lipinski definition) is 0. The van der Waals surface area contributed by atoms with Crippen LogP contribution < -0.4 is 0 Å². The average molecular weight is 296 g/mol. The van der Waals surface area contributed by atoms with Crippen LogP contribution in [0.2, 0.25) is 0 Å². The number of hydrogen-bond acceptors (Lipinski definition) is 4. The van der Waals surface area contributed by atoms with E-state index in [2.05, 4.69) is 34.1 Å². The van der Waals surface area contributed by atoms with E-state index in [0.717, 1.165) is 13.0 Å². The molecule has 1 aliphatic heterocycles. The summed E-state index contributed by atoms with van der Waals surface area (Å²) in [5, 5.41) is 7.58. The van der Waals surface area contributed by atoms with Crippen molar-refractivity contribution in [2.24, 2.45) is 0 Å². The fraction of sp³-hybridized carbons (Fsp3) is 0.312. The van der Waals surface area contributed by atoms with E-state index in [0.29, 0.717) is 23.1 Å². The molecule has 0 saturated carbocycles. The van der Waals surface area contributed by atoms with Gasteiger partial charge in [-0.15, -0.1) is 0 Å². The highest BCUT2D eigenvalue weighted by molar-refractivity contribution is 5.97. The van der Waals surface area contributed by atoms with Crippen LogP contribution in [0, 0.1) is 0 Å². The predicted molar refractivity (Wildman–Crippen MR) is 80.3 cm³/mol. The Morgan fingerprint density at radius 1 is 1.27 bits per heavy atom. The van der Waals surface area contributed by atoms with Crippen LogP contribution in [0.25, 0.3) is 11.0 Å². The second kappa shape index (κ2) is 4.98. The predicted octanol–water partition coefficient (Wildman–Crippen LogP) is 2.63. The average Bonchev–Trinajstić information content (AvgIpc) is 3.20. The minimum atomic E-state index is 0.0317. The maximum absolute atomic E-state index is 12.9. The summed E-state index contributed by atoms with van der Waals surface area (Å²) in [4.78, 5) is 14.9. The number of carbonyl (C=O) groups excluding carboxylic acids is 1. The molecule has 2 aromatic heterocycles. The molecule has 3 heterocycles. The van der Waals surface area contributed by atoms with Crippen LogP contribution in [0.5, 0.6) is 0 Å². The Morgan fingerprint density at radius 2 is 2.14 bits per heavy atom. The molecule has 1 aliphatic rings. The SMILES string of the molecule is CCC1c2cccn2CCN1C(=O)c1ccc2nonc2c1. The van der Waals surface area contributed by atoms with Crippen LogP contribution in [0.4, 0.5) is 0 Å². The fourth-order valence-electron chi connectivity index (χ4n) is 3.22. The van der Waals surface area contributed by atoms with Gasteiger partial charge in [0, 0.05) is 30.5 Å². The highest BCUT2D eigenvalue weighted by atomic mass is 16.6. The summed E-state index contributed by atoms with van der Waals surface area (Å²) in [6, 6.07) is 9.55. The zero-order valence-electron chi connectivity index (χ0n) is 12.3. The van der Waals surface area contributed by atoms with Crippen molar-refractivity contribution in [2.45, 2.75) is 25.9 Å². The van der Waals surface area contributed by atoms with Crippen molar-refractivity contribution >= 4 is 16.9 Å². The number of amides is 1.